The number of rotatable bonds is 13. The molecule has 1 aromatic carbocycles. The second-order valence-electron chi connectivity index (χ2n) is 7.10. The van der Waals surface area contributed by atoms with Crippen LogP contribution >= 0.6 is 11.8 Å². The zero-order valence-electron chi connectivity index (χ0n) is 17.3. The highest BCUT2D eigenvalue weighted by Crippen LogP contribution is 2.38. The molecule has 1 aliphatic rings. The van der Waals surface area contributed by atoms with Crippen LogP contribution < -0.4 is 9.47 Å². The third kappa shape index (κ3) is 5.87. The van der Waals surface area contributed by atoms with Gasteiger partial charge in [-0.05, 0) is 24.3 Å². The van der Waals surface area contributed by atoms with Gasteiger partial charge in [-0.3, -0.25) is 9.59 Å². The fourth-order valence-electron chi connectivity index (χ4n) is 3.46. The van der Waals surface area contributed by atoms with Crippen LogP contribution in [0.15, 0.2) is 23.1 Å². The number of hydrogen-bond donors (Lipinski definition) is 0. The fraction of sp³-hybridized carbons (Fsp3) is 0.565. The molecule has 0 amide bonds. The van der Waals surface area contributed by atoms with Gasteiger partial charge in [0.05, 0.1) is 30.3 Å². The number of ketones is 2. The molecule has 154 valence electrons. The molecule has 0 saturated heterocycles. The smallest absolute Gasteiger partial charge is 0.204 e. The van der Waals surface area contributed by atoms with E-state index in [1.807, 2.05) is 0 Å². The summed E-state index contributed by atoms with van der Waals surface area (Å²) in [5, 5.41) is 0. The molecular weight excluding hydrogens is 372 g/mol. The number of hydrogen-bond acceptors (Lipinski definition) is 5. The Labute approximate surface area is 173 Å². The summed E-state index contributed by atoms with van der Waals surface area (Å²) in [6.07, 6.45) is 12.9. The van der Waals surface area contributed by atoms with Crippen LogP contribution in [-0.4, -0.2) is 31.5 Å². The molecule has 4 nitrogen and oxygen atoms in total. The van der Waals surface area contributed by atoms with E-state index in [9.17, 15) is 9.59 Å². The van der Waals surface area contributed by atoms with E-state index in [4.69, 9.17) is 9.47 Å². The SMILES string of the molecule is CCCCCCCCCCCSC1=CC(=O)c2c(OC)ccc(OC)c2C1=O. The molecule has 0 aliphatic heterocycles. The normalized spacial score (nSPS) is 13.3. The monoisotopic (exact) mass is 404 g/mol. The third-order valence-electron chi connectivity index (χ3n) is 5.03. The summed E-state index contributed by atoms with van der Waals surface area (Å²) in [4.78, 5) is 26.0. The van der Waals surface area contributed by atoms with Crippen LogP contribution in [0.25, 0.3) is 0 Å². The molecule has 1 aliphatic carbocycles. The molecule has 0 aromatic heterocycles. The molecule has 5 heteroatoms. The van der Waals surface area contributed by atoms with Crippen molar-refractivity contribution in [2.45, 2.75) is 64.7 Å². The first kappa shape index (κ1) is 22.5. The van der Waals surface area contributed by atoms with Gasteiger partial charge in [0.15, 0.2) is 5.78 Å². The second-order valence-corrected chi connectivity index (χ2v) is 8.24. The van der Waals surface area contributed by atoms with Gasteiger partial charge in [-0.25, -0.2) is 0 Å². The second kappa shape index (κ2) is 11.9. The number of Topliss-reactive ketones (excluding diaryl/α,β-unsaturated/α-hetero) is 1. The zero-order valence-corrected chi connectivity index (χ0v) is 18.2. The Morgan fingerprint density at radius 2 is 1.32 bits per heavy atom. The predicted octanol–water partition coefficient (Wildman–Crippen LogP) is 6.23. The summed E-state index contributed by atoms with van der Waals surface area (Å²) >= 11 is 1.47. The van der Waals surface area contributed by atoms with Gasteiger partial charge in [-0.2, -0.15) is 0 Å². The molecule has 28 heavy (non-hydrogen) atoms. The van der Waals surface area contributed by atoms with Crippen LogP contribution in [0.1, 0.15) is 85.4 Å². The Kier molecular flexibility index (Phi) is 9.62. The molecule has 2 rings (SSSR count). The molecule has 0 spiro atoms. The van der Waals surface area contributed by atoms with Crippen molar-refractivity contribution in [3.63, 3.8) is 0 Å². The Morgan fingerprint density at radius 3 is 1.89 bits per heavy atom. The van der Waals surface area contributed by atoms with Gasteiger partial charge in [0.25, 0.3) is 0 Å². The highest BCUT2D eigenvalue weighted by molar-refractivity contribution is 8.04. The Morgan fingerprint density at radius 1 is 0.786 bits per heavy atom. The summed E-state index contributed by atoms with van der Waals surface area (Å²) in [6.45, 7) is 2.24. The zero-order chi connectivity index (χ0) is 20.4. The number of methoxy groups -OCH3 is 2. The summed E-state index contributed by atoms with van der Waals surface area (Å²) in [5.74, 6) is 1.34. The van der Waals surface area contributed by atoms with E-state index in [0.29, 0.717) is 27.5 Å². The molecule has 0 unspecified atom stereocenters. The van der Waals surface area contributed by atoms with E-state index in [1.165, 1.54) is 83.4 Å². The first-order valence-corrected chi connectivity index (χ1v) is 11.3. The minimum atomic E-state index is -0.195. The first-order chi connectivity index (χ1) is 13.6. The largest absolute Gasteiger partial charge is 0.496 e. The molecule has 1 aromatic rings. The molecule has 0 heterocycles. The number of ether oxygens (including phenoxy) is 2. The van der Waals surface area contributed by atoms with Crippen molar-refractivity contribution >= 4 is 23.3 Å². The van der Waals surface area contributed by atoms with Crippen molar-refractivity contribution in [2.75, 3.05) is 20.0 Å². The lowest BCUT2D eigenvalue weighted by Gasteiger charge is -2.19. The van der Waals surface area contributed by atoms with Crippen LogP contribution in [0.5, 0.6) is 11.5 Å². The van der Waals surface area contributed by atoms with Crippen molar-refractivity contribution < 1.29 is 19.1 Å². The Hall–Kier alpha value is -1.75. The lowest BCUT2D eigenvalue weighted by atomic mass is 9.93. The maximum absolute atomic E-state index is 12.9. The van der Waals surface area contributed by atoms with Crippen LogP contribution in [0, 0.1) is 0 Å². The van der Waals surface area contributed by atoms with Crippen LogP contribution in [0.2, 0.25) is 0 Å². The highest BCUT2D eigenvalue weighted by Gasteiger charge is 2.32. The molecule has 0 bridgehead atoms. The molecule has 0 atom stereocenters. The topological polar surface area (TPSA) is 52.6 Å². The molecule has 0 N–H and O–H groups in total. The molecule has 0 saturated carbocycles. The number of carbonyl (C=O) groups is 2. The summed E-state index contributed by atoms with van der Waals surface area (Å²) in [6, 6.07) is 3.34. The average molecular weight is 405 g/mol. The van der Waals surface area contributed by atoms with Gasteiger partial charge in [0.1, 0.15) is 11.5 Å². The van der Waals surface area contributed by atoms with E-state index in [2.05, 4.69) is 6.92 Å². The molecular formula is C23H32O4S. The van der Waals surface area contributed by atoms with Gasteiger partial charge >= 0.3 is 0 Å². The number of thioether (sulfide) groups is 1. The van der Waals surface area contributed by atoms with E-state index < -0.39 is 0 Å². The summed E-state index contributed by atoms with van der Waals surface area (Å²) < 4.78 is 10.6. The number of carbonyl (C=O) groups excluding carboxylic acids is 2. The van der Waals surface area contributed by atoms with Crippen molar-refractivity contribution in [1.29, 1.82) is 0 Å². The van der Waals surface area contributed by atoms with Crippen LogP contribution in [0.4, 0.5) is 0 Å². The highest BCUT2D eigenvalue weighted by atomic mass is 32.2. The summed E-state index contributed by atoms with van der Waals surface area (Å²) in [7, 11) is 3.00. The standard InChI is InChI=1S/C23H32O4S/c1-4-5-6-7-8-9-10-11-12-15-28-20-16-17(24)21-18(26-2)13-14-19(27-3)22(21)23(20)25/h13-14,16H,4-12,15H2,1-3H3. The number of allylic oxidation sites excluding steroid dienone is 2. The number of unbranched alkanes of at least 4 members (excludes halogenated alkanes) is 8. The maximum Gasteiger partial charge on any atom is 0.204 e. The van der Waals surface area contributed by atoms with E-state index in [0.717, 1.165) is 12.2 Å². The Bertz CT molecular complexity index is 709. The van der Waals surface area contributed by atoms with Crippen molar-refractivity contribution in [3.8, 4) is 11.5 Å². The van der Waals surface area contributed by atoms with Crippen LogP contribution in [0.3, 0.4) is 0 Å². The average Bonchev–Trinajstić information content (AvgIpc) is 2.71. The lowest BCUT2D eigenvalue weighted by molar-refractivity contribution is 0.0986. The van der Waals surface area contributed by atoms with Crippen molar-refractivity contribution in [2.24, 2.45) is 0 Å². The van der Waals surface area contributed by atoms with E-state index in [-0.39, 0.29) is 11.6 Å². The van der Waals surface area contributed by atoms with E-state index >= 15 is 0 Å². The number of fused-ring (bicyclic) bond motifs is 1. The van der Waals surface area contributed by atoms with Crippen molar-refractivity contribution in [3.05, 3.63) is 34.2 Å². The fourth-order valence-corrected chi connectivity index (χ4v) is 4.45. The number of benzene rings is 1. The van der Waals surface area contributed by atoms with Gasteiger partial charge in [0.2, 0.25) is 5.78 Å². The molecule has 0 fully saturated rings. The Balaban J connectivity index is 1.84. The molecule has 0 radical (unpaired) electrons. The minimum Gasteiger partial charge on any atom is -0.496 e. The van der Waals surface area contributed by atoms with Gasteiger partial charge in [0, 0.05) is 6.08 Å². The first-order valence-electron chi connectivity index (χ1n) is 10.3. The van der Waals surface area contributed by atoms with Gasteiger partial charge in [-0.1, -0.05) is 58.3 Å². The minimum absolute atomic E-state index is 0.147. The quantitative estimate of drug-likeness (QED) is 0.365. The van der Waals surface area contributed by atoms with Crippen LogP contribution in [-0.2, 0) is 0 Å². The van der Waals surface area contributed by atoms with Crippen molar-refractivity contribution in [1.82, 2.24) is 0 Å². The van der Waals surface area contributed by atoms with Gasteiger partial charge in [-0.15, -0.1) is 11.8 Å². The summed E-state index contributed by atoms with van der Waals surface area (Å²) in [5.41, 5.74) is 0.628. The maximum atomic E-state index is 12.9. The predicted molar refractivity (Wildman–Crippen MR) is 116 cm³/mol. The third-order valence-corrected chi connectivity index (χ3v) is 6.14. The van der Waals surface area contributed by atoms with Gasteiger partial charge < -0.3 is 9.47 Å². The van der Waals surface area contributed by atoms with E-state index in [1.54, 1.807) is 12.1 Å². The lowest BCUT2D eigenvalue weighted by Crippen LogP contribution is -2.18.